The van der Waals surface area contributed by atoms with Crippen molar-refractivity contribution in [3.8, 4) is 0 Å². The monoisotopic (exact) mass is 373 g/mol. The molecule has 1 amide bonds. The highest BCUT2D eigenvalue weighted by atomic mass is 32.2. The molecular formula is C19H23N3O3S. The highest BCUT2D eigenvalue weighted by Gasteiger charge is 2.37. The van der Waals surface area contributed by atoms with Gasteiger partial charge in [-0.15, -0.1) is 0 Å². The van der Waals surface area contributed by atoms with Crippen LogP contribution in [0.3, 0.4) is 0 Å². The number of benzene rings is 2. The average Bonchev–Trinajstić information content (AvgIpc) is 2.88. The van der Waals surface area contributed by atoms with Crippen molar-refractivity contribution in [3.63, 3.8) is 0 Å². The summed E-state index contributed by atoms with van der Waals surface area (Å²) >= 11 is 0. The van der Waals surface area contributed by atoms with E-state index < -0.39 is 10.0 Å². The number of carbonyl (C=O) groups excluding carboxylic acids is 1. The number of piperidine rings is 1. The Morgan fingerprint density at radius 3 is 2.69 bits per heavy atom. The molecule has 0 saturated carbocycles. The first-order chi connectivity index (χ1) is 12.3. The van der Waals surface area contributed by atoms with E-state index in [9.17, 15) is 13.2 Å². The maximum atomic E-state index is 13.5. The molecule has 2 unspecified atom stereocenters. The van der Waals surface area contributed by atoms with Crippen LogP contribution in [-0.2, 0) is 10.0 Å². The molecule has 4 rings (SSSR count). The van der Waals surface area contributed by atoms with Crippen LogP contribution in [0.2, 0.25) is 0 Å². The number of nitrogens with two attached hydrogens (primary N) is 1. The summed E-state index contributed by atoms with van der Waals surface area (Å²) in [5.41, 5.74) is 7.39. The van der Waals surface area contributed by atoms with Gasteiger partial charge in [-0.1, -0.05) is 18.6 Å². The van der Waals surface area contributed by atoms with E-state index in [-0.39, 0.29) is 22.9 Å². The van der Waals surface area contributed by atoms with Crippen molar-refractivity contribution in [2.24, 2.45) is 5.73 Å². The summed E-state index contributed by atoms with van der Waals surface area (Å²) in [6, 6.07) is 8.21. The highest BCUT2D eigenvalue weighted by Crippen LogP contribution is 2.40. The number of hydrogen-bond donors (Lipinski definition) is 1. The Morgan fingerprint density at radius 2 is 1.96 bits per heavy atom. The smallest absolute Gasteiger partial charge is 0.258 e. The Kier molecular flexibility index (Phi) is 4.06. The molecule has 26 heavy (non-hydrogen) atoms. The Morgan fingerprint density at radius 1 is 1.19 bits per heavy atom. The fourth-order valence-corrected chi connectivity index (χ4v) is 6.18. The summed E-state index contributed by atoms with van der Waals surface area (Å²) in [5, 5.41) is 1.32. The third kappa shape index (κ3) is 2.38. The van der Waals surface area contributed by atoms with E-state index in [1.807, 2.05) is 6.92 Å². The third-order valence-corrected chi connectivity index (χ3v) is 7.55. The fourth-order valence-electron chi connectivity index (χ4n) is 4.21. The van der Waals surface area contributed by atoms with Crippen molar-refractivity contribution in [1.82, 2.24) is 4.31 Å². The molecule has 0 spiro atoms. The van der Waals surface area contributed by atoms with Gasteiger partial charge in [0.15, 0.2) is 0 Å². The lowest BCUT2D eigenvalue weighted by atomic mass is 10.00. The summed E-state index contributed by atoms with van der Waals surface area (Å²) in [4.78, 5) is 14.3. The summed E-state index contributed by atoms with van der Waals surface area (Å²) in [6.07, 6.45) is 2.60. The van der Waals surface area contributed by atoms with Crippen molar-refractivity contribution >= 4 is 32.4 Å². The zero-order valence-electron chi connectivity index (χ0n) is 15.0. The number of sulfonamides is 1. The number of anilines is 1. The highest BCUT2D eigenvalue weighted by molar-refractivity contribution is 7.89. The number of nitrogens with zero attached hydrogens (tertiary/aromatic N) is 2. The van der Waals surface area contributed by atoms with Crippen LogP contribution in [-0.4, -0.2) is 44.3 Å². The van der Waals surface area contributed by atoms with Gasteiger partial charge in [0.05, 0.1) is 10.6 Å². The largest absolute Gasteiger partial charge is 0.326 e. The van der Waals surface area contributed by atoms with Crippen molar-refractivity contribution in [3.05, 3.63) is 35.9 Å². The molecular weight excluding hydrogens is 350 g/mol. The molecule has 7 heteroatoms. The van der Waals surface area contributed by atoms with Crippen LogP contribution in [0, 0.1) is 0 Å². The SMILES string of the molecule is CC(N)C1CCCCN1S(=O)(=O)c1ccc2c3c(cccc13)C(=O)N2C. The molecule has 0 bridgehead atoms. The van der Waals surface area contributed by atoms with Gasteiger partial charge in [-0.3, -0.25) is 4.79 Å². The van der Waals surface area contributed by atoms with Gasteiger partial charge in [0, 0.05) is 42.0 Å². The van der Waals surface area contributed by atoms with E-state index in [1.54, 1.807) is 46.6 Å². The molecule has 2 atom stereocenters. The molecule has 1 saturated heterocycles. The van der Waals surface area contributed by atoms with Crippen LogP contribution < -0.4 is 10.6 Å². The normalized spacial score (nSPS) is 22.2. The maximum Gasteiger partial charge on any atom is 0.258 e. The summed E-state index contributed by atoms with van der Waals surface area (Å²) in [6.45, 7) is 2.34. The van der Waals surface area contributed by atoms with Crippen molar-refractivity contribution in [2.45, 2.75) is 43.2 Å². The Bertz CT molecular complexity index is 1000. The molecule has 138 valence electrons. The quantitative estimate of drug-likeness (QED) is 0.895. The standard InChI is InChI=1S/C19H23N3O3S/c1-12(20)15-8-3-4-11-22(15)26(24,25)17-10-9-16-18-13(17)6-5-7-14(18)19(23)21(16)2/h5-7,9-10,12,15H,3-4,8,11,20H2,1-2H3. The first kappa shape index (κ1) is 17.5. The summed E-state index contributed by atoms with van der Waals surface area (Å²) in [5.74, 6) is -0.105. The molecule has 2 aromatic rings. The molecule has 0 radical (unpaired) electrons. The van der Waals surface area contributed by atoms with Crippen LogP contribution in [0.15, 0.2) is 35.2 Å². The first-order valence-corrected chi connectivity index (χ1v) is 10.4. The van der Waals surface area contributed by atoms with E-state index in [1.165, 1.54) is 0 Å². The second-order valence-corrected chi connectivity index (χ2v) is 9.07. The third-order valence-electron chi connectivity index (χ3n) is 5.57. The van der Waals surface area contributed by atoms with Gasteiger partial charge in [0.2, 0.25) is 10.0 Å². The van der Waals surface area contributed by atoms with E-state index in [0.29, 0.717) is 17.5 Å². The number of rotatable bonds is 3. The molecule has 2 aromatic carbocycles. The lowest BCUT2D eigenvalue weighted by Gasteiger charge is -2.37. The van der Waals surface area contributed by atoms with Gasteiger partial charge >= 0.3 is 0 Å². The van der Waals surface area contributed by atoms with Crippen LogP contribution in [0.25, 0.3) is 10.8 Å². The Labute approximate surface area is 153 Å². The molecule has 0 aromatic heterocycles. The number of amides is 1. The Hall–Kier alpha value is -1.96. The van der Waals surface area contributed by atoms with Crippen LogP contribution >= 0.6 is 0 Å². The van der Waals surface area contributed by atoms with E-state index >= 15 is 0 Å². The molecule has 0 aliphatic carbocycles. The minimum atomic E-state index is -3.70. The lowest BCUT2D eigenvalue weighted by molar-refractivity contribution is 0.0999. The molecule has 2 N–H and O–H groups in total. The van der Waals surface area contributed by atoms with Gasteiger partial charge in [-0.05, 0) is 38.0 Å². The first-order valence-electron chi connectivity index (χ1n) is 8.95. The predicted molar refractivity (Wildman–Crippen MR) is 102 cm³/mol. The van der Waals surface area contributed by atoms with Gasteiger partial charge in [0.25, 0.3) is 5.91 Å². The molecule has 2 heterocycles. The van der Waals surface area contributed by atoms with Crippen molar-refractivity contribution in [1.29, 1.82) is 0 Å². The van der Waals surface area contributed by atoms with Crippen LogP contribution in [0.4, 0.5) is 5.69 Å². The lowest BCUT2D eigenvalue weighted by Crippen LogP contribution is -2.51. The minimum Gasteiger partial charge on any atom is -0.326 e. The maximum absolute atomic E-state index is 13.5. The van der Waals surface area contributed by atoms with Gasteiger partial charge in [0.1, 0.15) is 0 Å². The fraction of sp³-hybridized carbons (Fsp3) is 0.421. The summed E-state index contributed by atoms with van der Waals surface area (Å²) < 4.78 is 28.5. The van der Waals surface area contributed by atoms with E-state index in [0.717, 1.165) is 30.3 Å². The van der Waals surface area contributed by atoms with E-state index in [4.69, 9.17) is 5.73 Å². The second-order valence-electron chi connectivity index (χ2n) is 7.21. The predicted octanol–water partition coefficient (Wildman–Crippen LogP) is 2.32. The van der Waals surface area contributed by atoms with Crippen molar-refractivity contribution in [2.75, 3.05) is 18.5 Å². The molecule has 2 aliphatic heterocycles. The van der Waals surface area contributed by atoms with Gasteiger partial charge in [-0.25, -0.2) is 8.42 Å². The van der Waals surface area contributed by atoms with Gasteiger partial charge < -0.3 is 10.6 Å². The molecule has 2 aliphatic rings. The Balaban J connectivity index is 1.91. The zero-order valence-corrected chi connectivity index (χ0v) is 15.8. The van der Waals surface area contributed by atoms with Crippen LogP contribution in [0.5, 0.6) is 0 Å². The number of carbonyl (C=O) groups is 1. The number of hydrogen-bond acceptors (Lipinski definition) is 4. The zero-order chi connectivity index (χ0) is 18.6. The topological polar surface area (TPSA) is 83.7 Å². The average molecular weight is 373 g/mol. The summed E-state index contributed by atoms with van der Waals surface area (Å²) in [7, 11) is -1.99. The van der Waals surface area contributed by atoms with Crippen molar-refractivity contribution < 1.29 is 13.2 Å². The van der Waals surface area contributed by atoms with Gasteiger partial charge in [-0.2, -0.15) is 4.31 Å². The second kappa shape index (κ2) is 6.04. The minimum absolute atomic E-state index is 0.105. The van der Waals surface area contributed by atoms with E-state index in [2.05, 4.69) is 0 Å². The van der Waals surface area contributed by atoms with Crippen LogP contribution in [0.1, 0.15) is 36.5 Å². The molecule has 1 fully saturated rings. The molecule has 6 nitrogen and oxygen atoms in total.